The fourth-order valence-electron chi connectivity index (χ4n) is 1.85. The Morgan fingerprint density at radius 1 is 1.13 bits per heavy atom. The van der Waals surface area contributed by atoms with Crippen molar-refractivity contribution in [2.24, 2.45) is 5.10 Å². The minimum atomic E-state index is -4.53. The van der Waals surface area contributed by atoms with Gasteiger partial charge in [-0.2, -0.15) is 18.3 Å². The number of carbonyl (C=O) groups is 1. The van der Waals surface area contributed by atoms with Crippen LogP contribution in [0.25, 0.3) is 0 Å². The second-order valence-corrected chi connectivity index (χ2v) is 4.73. The summed E-state index contributed by atoms with van der Waals surface area (Å²) in [7, 11) is 0. The third kappa shape index (κ3) is 4.09. The summed E-state index contributed by atoms with van der Waals surface area (Å²) in [6.07, 6.45) is -4.53. The summed E-state index contributed by atoms with van der Waals surface area (Å²) in [6, 6.07) is 10.7. The van der Waals surface area contributed by atoms with Crippen LogP contribution in [0.4, 0.5) is 13.2 Å². The summed E-state index contributed by atoms with van der Waals surface area (Å²) in [5.41, 5.74) is 1.64. The molecule has 0 spiro atoms. The average Bonchev–Trinajstić information content (AvgIpc) is 2.52. The Kier molecular flexibility index (Phi) is 4.68. The molecule has 2 rings (SSSR count). The van der Waals surface area contributed by atoms with E-state index in [1.165, 1.54) is 6.92 Å². The van der Waals surface area contributed by atoms with Gasteiger partial charge in [-0.1, -0.05) is 18.2 Å². The highest BCUT2D eigenvalue weighted by Gasteiger charge is 2.31. The highest BCUT2D eigenvalue weighted by Crippen LogP contribution is 2.32. The van der Waals surface area contributed by atoms with Gasteiger partial charge in [0.05, 0.1) is 11.3 Å². The van der Waals surface area contributed by atoms with Gasteiger partial charge in [0.2, 0.25) is 0 Å². The summed E-state index contributed by atoms with van der Waals surface area (Å²) in [6.45, 7) is 1.39. The number of hydrazone groups is 1. The number of hydrogen-bond acceptors (Lipinski definition) is 3. The number of amides is 1. The Balaban J connectivity index is 2.23. The molecule has 0 aliphatic heterocycles. The van der Waals surface area contributed by atoms with Gasteiger partial charge in [-0.05, 0) is 37.3 Å². The molecule has 0 aliphatic carbocycles. The second-order valence-electron chi connectivity index (χ2n) is 4.73. The normalized spacial score (nSPS) is 12.1. The van der Waals surface area contributed by atoms with Crippen molar-refractivity contribution >= 4 is 11.6 Å². The molecule has 0 aromatic heterocycles. The zero-order chi connectivity index (χ0) is 17.0. The molecule has 4 nitrogen and oxygen atoms in total. The molecular formula is C16H13F3N2O2. The van der Waals surface area contributed by atoms with E-state index in [4.69, 9.17) is 0 Å². The van der Waals surface area contributed by atoms with E-state index in [1.807, 2.05) is 0 Å². The van der Waals surface area contributed by atoms with Gasteiger partial charge in [0.15, 0.2) is 0 Å². The lowest BCUT2D eigenvalue weighted by atomic mass is 10.1. The number of alkyl halides is 3. The number of rotatable bonds is 3. The number of benzene rings is 2. The van der Waals surface area contributed by atoms with Crippen molar-refractivity contribution in [1.29, 1.82) is 0 Å². The zero-order valence-corrected chi connectivity index (χ0v) is 12.1. The Bertz CT molecular complexity index is 741. The van der Waals surface area contributed by atoms with Crippen molar-refractivity contribution in [2.75, 3.05) is 0 Å². The van der Waals surface area contributed by atoms with Crippen LogP contribution < -0.4 is 5.43 Å². The first-order chi connectivity index (χ1) is 10.8. The standard InChI is InChI=1S/C16H13F3N2O2/c1-10(20-21-15(23)11-5-3-2-4-6-11)13-9-12(16(17,18)19)7-8-14(13)22/h2-9,22H,1H3,(H,21,23)/b20-10+. The van der Waals surface area contributed by atoms with Crippen LogP contribution in [0.2, 0.25) is 0 Å². The molecule has 7 heteroatoms. The summed E-state index contributed by atoms with van der Waals surface area (Å²) in [5.74, 6) is -0.857. The van der Waals surface area contributed by atoms with Crippen LogP contribution >= 0.6 is 0 Å². The molecule has 1 amide bonds. The van der Waals surface area contributed by atoms with E-state index < -0.39 is 17.6 Å². The Hall–Kier alpha value is -2.83. The van der Waals surface area contributed by atoms with Crippen molar-refractivity contribution in [2.45, 2.75) is 13.1 Å². The van der Waals surface area contributed by atoms with Gasteiger partial charge in [-0.15, -0.1) is 0 Å². The van der Waals surface area contributed by atoms with Gasteiger partial charge >= 0.3 is 6.18 Å². The molecule has 0 heterocycles. The number of carbonyl (C=O) groups excluding carboxylic acids is 1. The second kappa shape index (κ2) is 6.51. The lowest BCUT2D eigenvalue weighted by molar-refractivity contribution is -0.137. The number of aromatic hydroxyl groups is 1. The van der Waals surface area contributed by atoms with E-state index in [0.29, 0.717) is 5.56 Å². The molecule has 0 aliphatic rings. The molecule has 0 radical (unpaired) electrons. The van der Waals surface area contributed by atoms with Gasteiger partial charge in [0, 0.05) is 11.1 Å². The molecule has 2 aromatic carbocycles. The predicted molar refractivity (Wildman–Crippen MR) is 79.2 cm³/mol. The zero-order valence-electron chi connectivity index (χ0n) is 12.1. The SMILES string of the molecule is C/C(=N\NC(=O)c1ccccc1)c1cc(C(F)(F)F)ccc1O. The van der Waals surface area contributed by atoms with E-state index in [9.17, 15) is 23.1 Å². The van der Waals surface area contributed by atoms with Crippen molar-refractivity contribution in [1.82, 2.24) is 5.43 Å². The summed E-state index contributed by atoms with van der Waals surface area (Å²) in [5, 5.41) is 13.4. The van der Waals surface area contributed by atoms with Crippen LogP contribution in [-0.2, 0) is 6.18 Å². The predicted octanol–water partition coefficient (Wildman–Crippen LogP) is 3.57. The largest absolute Gasteiger partial charge is 0.507 e. The summed E-state index contributed by atoms with van der Waals surface area (Å²) in [4.78, 5) is 11.8. The monoisotopic (exact) mass is 322 g/mol. The number of hydrogen-bond donors (Lipinski definition) is 2. The highest BCUT2D eigenvalue weighted by atomic mass is 19.4. The topological polar surface area (TPSA) is 61.7 Å². The molecule has 23 heavy (non-hydrogen) atoms. The number of phenols is 1. The molecule has 0 unspecified atom stereocenters. The quantitative estimate of drug-likeness (QED) is 0.670. The summed E-state index contributed by atoms with van der Waals surface area (Å²) >= 11 is 0. The maximum atomic E-state index is 12.7. The molecule has 0 bridgehead atoms. The van der Waals surface area contributed by atoms with Crippen LogP contribution in [0.1, 0.15) is 28.4 Å². The van der Waals surface area contributed by atoms with Crippen LogP contribution in [0.15, 0.2) is 53.6 Å². The van der Waals surface area contributed by atoms with Gasteiger partial charge in [0.25, 0.3) is 5.91 Å². The van der Waals surface area contributed by atoms with E-state index >= 15 is 0 Å². The molecule has 0 fully saturated rings. The number of halogens is 3. The van der Waals surface area contributed by atoms with E-state index in [-0.39, 0.29) is 17.0 Å². The van der Waals surface area contributed by atoms with Crippen LogP contribution in [-0.4, -0.2) is 16.7 Å². The lowest BCUT2D eigenvalue weighted by Crippen LogP contribution is -2.19. The fraction of sp³-hybridized carbons (Fsp3) is 0.125. The third-order valence-corrected chi connectivity index (χ3v) is 3.07. The molecule has 0 atom stereocenters. The first-order valence-corrected chi connectivity index (χ1v) is 6.59. The minimum Gasteiger partial charge on any atom is -0.507 e. The van der Waals surface area contributed by atoms with E-state index in [2.05, 4.69) is 10.5 Å². The Morgan fingerprint density at radius 3 is 2.39 bits per heavy atom. The maximum absolute atomic E-state index is 12.7. The number of nitrogens with zero attached hydrogens (tertiary/aromatic N) is 1. The van der Waals surface area contributed by atoms with Gasteiger partial charge in [-0.3, -0.25) is 4.79 Å². The molecule has 2 N–H and O–H groups in total. The van der Waals surface area contributed by atoms with E-state index in [0.717, 1.165) is 18.2 Å². The molecular weight excluding hydrogens is 309 g/mol. The number of phenolic OH excluding ortho intramolecular Hbond substituents is 1. The van der Waals surface area contributed by atoms with Crippen molar-refractivity contribution in [3.8, 4) is 5.75 Å². The maximum Gasteiger partial charge on any atom is 0.416 e. The fourth-order valence-corrected chi connectivity index (χ4v) is 1.85. The number of nitrogens with one attached hydrogen (secondary N) is 1. The van der Waals surface area contributed by atoms with E-state index in [1.54, 1.807) is 30.3 Å². The van der Waals surface area contributed by atoms with Crippen molar-refractivity contribution < 1.29 is 23.1 Å². The first-order valence-electron chi connectivity index (χ1n) is 6.59. The average molecular weight is 322 g/mol. The lowest BCUT2D eigenvalue weighted by Gasteiger charge is -2.10. The highest BCUT2D eigenvalue weighted by molar-refractivity contribution is 6.02. The van der Waals surface area contributed by atoms with Crippen LogP contribution in [0.5, 0.6) is 5.75 Å². The molecule has 120 valence electrons. The van der Waals surface area contributed by atoms with Crippen LogP contribution in [0, 0.1) is 0 Å². The Labute approximate surface area is 130 Å². The summed E-state index contributed by atoms with van der Waals surface area (Å²) < 4.78 is 38.1. The van der Waals surface area contributed by atoms with Crippen molar-refractivity contribution in [3.05, 3.63) is 65.2 Å². The van der Waals surface area contributed by atoms with Gasteiger partial charge < -0.3 is 5.11 Å². The molecule has 0 saturated carbocycles. The van der Waals surface area contributed by atoms with Crippen LogP contribution in [0.3, 0.4) is 0 Å². The molecule has 2 aromatic rings. The Morgan fingerprint density at radius 2 is 1.78 bits per heavy atom. The van der Waals surface area contributed by atoms with Gasteiger partial charge in [-0.25, -0.2) is 5.43 Å². The first kappa shape index (κ1) is 16.5. The van der Waals surface area contributed by atoms with Gasteiger partial charge in [0.1, 0.15) is 5.75 Å². The minimum absolute atomic E-state index is 0.0536. The smallest absolute Gasteiger partial charge is 0.416 e. The third-order valence-electron chi connectivity index (χ3n) is 3.07. The van der Waals surface area contributed by atoms with Crippen molar-refractivity contribution in [3.63, 3.8) is 0 Å². The molecule has 0 saturated heterocycles.